The molecular weight excluding hydrogens is 262 g/mol. The van der Waals surface area contributed by atoms with Gasteiger partial charge in [0, 0.05) is 0 Å². The minimum Gasteiger partial charge on any atom is -0.385 e. The number of aliphatic hydroxyl groups is 1. The van der Waals surface area contributed by atoms with Crippen molar-refractivity contribution in [2.75, 3.05) is 27.2 Å². The predicted octanol–water partition coefficient (Wildman–Crippen LogP) is 3.49. The number of quaternary nitrogens is 1. The molecule has 1 N–H and O–H groups in total. The average Bonchev–Trinajstić information content (AvgIpc) is 2.32. The summed E-state index contributed by atoms with van der Waals surface area (Å²) in [6.45, 7) is 0.938. The fourth-order valence-electron chi connectivity index (χ4n) is 2.74. The van der Waals surface area contributed by atoms with E-state index >= 15 is 0 Å². The van der Waals surface area contributed by atoms with Gasteiger partial charge < -0.3 is 9.84 Å². The molecule has 0 aromatic heterocycles. The average molecular weight is 293 g/mol. The highest BCUT2D eigenvalue weighted by Crippen LogP contribution is 2.19. The summed E-state index contributed by atoms with van der Waals surface area (Å²) < 4.78 is 6.16. The molecule has 0 aliphatic heterocycles. The van der Waals surface area contributed by atoms with Crippen molar-refractivity contribution in [2.24, 2.45) is 0 Å². The van der Waals surface area contributed by atoms with Crippen LogP contribution in [0.15, 0.2) is 0 Å². The zero-order chi connectivity index (χ0) is 14.1. The van der Waals surface area contributed by atoms with Gasteiger partial charge in [-0.2, -0.15) is 0 Å². The van der Waals surface area contributed by atoms with Gasteiger partial charge in [0.2, 0.25) is 0 Å². The van der Waals surface area contributed by atoms with Crippen LogP contribution in [-0.4, -0.2) is 48.6 Å². The van der Waals surface area contributed by atoms with Crippen LogP contribution in [0.3, 0.4) is 0 Å². The van der Waals surface area contributed by atoms with Crippen molar-refractivity contribution in [3.05, 3.63) is 0 Å². The van der Waals surface area contributed by atoms with Crippen molar-refractivity contribution < 1.29 is 13.8 Å². The van der Waals surface area contributed by atoms with Gasteiger partial charge in [0.25, 0.3) is 0 Å². The first kappa shape index (κ1) is 17.2. The fraction of sp³-hybridized carbons (Fsp3) is 1.00. The van der Waals surface area contributed by atoms with Gasteiger partial charge in [0.15, 0.2) is 11.8 Å². The number of likely N-dealkylation sites (N-methyl/N-ethyl adjacent to an activating group) is 1. The van der Waals surface area contributed by atoms with Crippen molar-refractivity contribution in [2.45, 2.75) is 70.0 Å². The monoisotopic (exact) mass is 292 g/mol. The van der Waals surface area contributed by atoms with Crippen LogP contribution in [0.1, 0.15) is 57.8 Å². The van der Waals surface area contributed by atoms with E-state index in [4.69, 9.17) is 16.5 Å². The van der Waals surface area contributed by atoms with E-state index in [2.05, 4.69) is 0 Å². The minimum absolute atomic E-state index is 0.259. The molecule has 1 fully saturated rings. The summed E-state index contributed by atoms with van der Waals surface area (Å²) in [7, 11) is 3.74. The highest BCUT2D eigenvalue weighted by molar-refractivity contribution is 6.06. The molecule has 1 aliphatic carbocycles. The molecule has 1 aliphatic rings. The molecule has 0 amide bonds. The molecule has 3 nitrogen and oxygen atoms in total. The van der Waals surface area contributed by atoms with E-state index in [9.17, 15) is 5.11 Å². The topological polar surface area (TPSA) is 29.5 Å². The lowest BCUT2D eigenvalue weighted by Gasteiger charge is -2.24. The van der Waals surface area contributed by atoms with Crippen LogP contribution in [0.5, 0.6) is 0 Å². The van der Waals surface area contributed by atoms with Crippen LogP contribution in [-0.2, 0) is 4.74 Å². The van der Waals surface area contributed by atoms with Gasteiger partial charge in [0.05, 0.1) is 26.8 Å². The number of halogens is 1. The first-order valence-electron chi connectivity index (χ1n) is 7.80. The lowest BCUT2D eigenvalue weighted by molar-refractivity contribution is -0.776. The molecule has 1 rings (SSSR count). The van der Waals surface area contributed by atoms with E-state index in [1.165, 1.54) is 44.9 Å². The molecule has 0 saturated heterocycles. The zero-order valence-corrected chi connectivity index (χ0v) is 13.4. The summed E-state index contributed by atoms with van der Waals surface area (Å²) in [6.07, 6.45) is 11.5. The van der Waals surface area contributed by atoms with Gasteiger partial charge in [-0.15, -0.1) is 0 Å². The highest BCUT2D eigenvalue weighted by atomic mass is 35.5. The molecule has 1 atom stereocenters. The molecule has 1 unspecified atom stereocenters. The van der Waals surface area contributed by atoms with E-state index in [1.807, 2.05) is 14.1 Å². The van der Waals surface area contributed by atoms with Crippen molar-refractivity contribution in [1.82, 2.24) is 0 Å². The fourth-order valence-corrected chi connectivity index (χ4v) is 2.90. The molecule has 4 heteroatoms. The Labute approximate surface area is 123 Å². The molecule has 0 heterocycles. The zero-order valence-electron chi connectivity index (χ0n) is 12.6. The molecule has 0 aromatic rings. The Kier molecular flexibility index (Phi) is 8.31. The standard InChI is InChI=1S/C15H31ClNO2/c1-17(2,16)12-14(18)13-19-15-10-8-6-4-3-5-7-9-11-15/h14-15,18H,3-13H2,1-2H3/q+1. The maximum absolute atomic E-state index is 9.92. The normalized spacial score (nSPS) is 22.1. The second-order valence-corrected chi connectivity index (χ2v) is 7.30. The van der Waals surface area contributed by atoms with Crippen LogP contribution in [0.25, 0.3) is 0 Å². The Morgan fingerprint density at radius 3 is 2.00 bits per heavy atom. The van der Waals surface area contributed by atoms with Gasteiger partial charge in [-0.1, -0.05) is 44.9 Å². The lowest BCUT2D eigenvalue weighted by Crippen LogP contribution is -2.39. The van der Waals surface area contributed by atoms with E-state index in [-0.39, 0.29) is 4.00 Å². The van der Waals surface area contributed by atoms with Gasteiger partial charge in [0.1, 0.15) is 12.6 Å². The number of aliphatic hydroxyl groups excluding tert-OH is 1. The Hall–Kier alpha value is 0.170. The van der Waals surface area contributed by atoms with E-state index < -0.39 is 6.10 Å². The van der Waals surface area contributed by atoms with Gasteiger partial charge in [-0.05, 0) is 12.8 Å². The third-order valence-corrected chi connectivity index (χ3v) is 3.86. The first-order valence-corrected chi connectivity index (χ1v) is 8.13. The van der Waals surface area contributed by atoms with Crippen molar-refractivity contribution in [1.29, 1.82) is 0 Å². The maximum atomic E-state index is 9.92. The van der Waals surface area contributed by atoms with Crippen LogP contribution in [0, 0.1) is 0 Å². The lowest BCUT2D eigenvalue weighted by atomic mass is 9.99. The van der Waals surface area contributed by atoms with E-state index in [1.54, 1.807) is 0 Å². The summed E-state index contributed by atoms with van der Waals surface area (Å²) in [4.78, 5) is 0. The first-order chi connectivity index (χ1) is 8.97. The Bertz CT molecular complexity index is 221. The summed E-state index contributed by atoms with van der Waals surface area (Å²) >= 11 is 6.06. The van der Waals surface area contributed by atoms with Crippen molar-refractivity contribution in [3.8, 4) is 0 Å². The van der Waals surface area contributed by atoms with E-state index in [0.29, 0.717) is 19.3 Å². The van der Waals surface area contributed by atoms with Gasteiger partial charge in [-0.25, -0.2) is 4.00 Å². The molecule has 0 aromatic carbocycles. The number of ether oxygens (including phenoxy) is 1. The maximum Gasteiger partial charge on any atom is 0.164 e. The number of hydrogen-bond donors (Lipinski definition) is 1. The second-order valence-electron chi connectivity index (χ2n) is 6.38. The second kappa shape index (κ2) is 9.17. The molecule has 1 saturated carbocycles. The van der Waals surface area contributed by atoms with Crippen LogP contribution >= 0.6 is 11.8 Å². The molecular formula is C15H31ClNO2+. The Morgan fingerprint density at radius 1 is 1.05 bits per heavy atom. The quantitative estimate of drug-likeness (QED) is 0.786. The SMILES string of the molecule is C[N+](C)(Cl)CC(O)COC1CCCCCCCCC1. The molecule has 19 heavy (non-hydrogen) atoms. The molecule has 114 valence electrons. The molecule has 0 radical (unpaired) electrons. The third-order valence-electron chi connectivity index (χ3n) is 3.72. The Balaban J connectivity index is 2.24. The van der Waals surface area contributed by atoms with Crippen LogP contribution in [0.2, 0.25) is 0 Å². The van der Waals surface area contributed by atoms with Crippen LogP contribution < -0.4 is 0 Å². The highest BCUT2D eigenvalue weighted by Gasteiger charge is 2.20. The Morgan fingerprint density at radius 2 is 1.53 bits per heavy atom. The summed E-state index contributed by atoms with van der Waals surface area (Å²) in [5, 5.41) is 9.92. The smallest absolute Gasteiger partial charge is 0.164 e. The molecule has 0 spiro atoms. The third kappa shape index (κ3) is 9.67. The number of nitrogens with zero attached hydrogens (tertiary/aromatic N) is 1. The van der Waals surface area contributed by atoms with Gasteiger partial charge >= 0.3 is 0 Å². The number of hydrogen-bond acceptors (Lipinski definition) is 2. The van der Waals surface area contributed by atoms with E-state index in [0.717, 1.165) is 12.8 Å². The summed E-state index contributed by atoms with van der Waals surface area (Å²) in [6, 6.07) is 0. The number of rotatable bonds is 5. The summed E-state index contributed by atoms with van der Waals surface area (Å²) in [5.41, 5.74) is 0. The van der Waals surface area contributed by atoms with Crippen LogP contribution in [0.4, 0.5) is 0 Å². The van der Waals surface area contributed by atoms with Gasteiger partial charge in [-0.3, -0.25) is 0 Å². The largest absolute Gasteiger partial charge is 0.385 e. The van der Waals surface area contributed by atoms with Crippen molar-refractivity contribution >= 4 is 11.8 Å². The minimum atomic E-state index is -0.470. The van der Waals surface area contributed by atoms with Crippen molar-refractivity contribution in [3.63, 3.8) is 0 Å². The summed E-state index contributed by atoms with van der Waals surface area (Å²) in [5.74, 6) is 0. The predicted molar refractivity (Wildman–Crippen MR) is 80.1 cm³/mol. The molecule has 0 bridgehead atoms.